The van der Waals surface area contributed by atoms with Gasteiger partial charge in [0.15, 0.2) is 11.5 Å². The first-order valence-corrected chi connectivity index (χ1v) is 12.0. The van der Waals surface area contributed by atoms with E-state index >= 15 is 0 Å². The summed E-state index contributed by atoms with van der Waals surface area (Å²) >= 11 is 0. The Morgan fingerprint density at radius 1 is 0.970 bits per heavy atom. The van der Waals surface area contributed by atoms with Crippen LogP contribution in [0.4, 0.5) is 0 Å². The Morgan fingerprint density at radius 2 is 1.52 bits per heavy atom. The maximum Gasteiger partial charge on any atom is 0.251 e. The van der Waals surface area contributed by atoms with Crippen molar-refractivity contribution < 1.29 is 32.2 Å². The molecule has 1 fully saturated rings. The van der Waals surface area contributed by atoms with Gasteiger partial charge in [0.25, 0.3) is 5.91 Å². The molecule has 1 aliphatic heterocycles. The predicted octanol–water partition coefficient (Wildman–Crippen LogP) is 2.44. The number of nitrogens with zero attached hydrogens (tertiary/aromatic N) is 1. The Hall–Kier alpha value is -2.82. The van der Waals surface area contributed by atoms with Gasteiger partial charge in [-0.05, 0) is 44.2 Å². The first kappa shape index (κ1) is 24.8. The van der Waals surface area contributed by atoms with Gasteiger partial charge >= 0.3 is 0 Å². The van der Waals surface area contributed by atoms with Crippen molar-refractivity contribution in [2.75, 3.05) is 34.4 Å². The highest BCUT2D eigenvalue weighted by molar-refractivity contribution is 7.89. The number of hydrogen-bond donors (Lipinski definition) is 1. The number of nitrogens with one attached hydrogen (secondary N) is 1. The van der Waals surface area contributed by atoms with Gasteiger partial charge in [-0.25, -0.2) is 8.42 Å². The Kier molecular flexibility index (Phi) is 7.83. The van der Waals surface area contributed by atoms with Crippen LogP contribution < -0.4 is 19.5 Å². The predicted molar refractivity (Wildman–Crippen MR) is 122 cm³/mol. The lowest BCUT2D eigenvalue weighted by Gasteiger charge is -2.34. The first-order valence-electron chi connectivity index (χ1n) is 10.5. The minimum Gasteiger partial charge on any atom is -0.496 e. The van der Waals surface area contributed by atoms with Crippen LogP contribution in [0.2, 0.25) is 0 Å². The second-order valence-electron chi connectivity index (χ2n) is 7.81. The number of hydrogen-bond acceptors (Lipinski definition) is 7. The molecule has 0 radical (unpaired) electrons. The second kappa shape index (κ2) is 10.4. The van der Waals surface area contributed by atoms with E-state index in [1.165, 1.54) is 49.9 Å². The number of amides is 1. The highest BCUT2D eigenvalue weighted by atomic mass is 32.2. The number of ether oxygens (including phenoxy) is 4. The number of benzene rings is 2. The molecule has 0 bridgehead atoms. The van der Waals surface area contributed by atoms with Crippen LogP contribution in [0.15, 0.2) is 41.3 Å². The van der Waals surface area contributed by atoms with Gasteiger partial charge in [0, 0.05) is 36.8 Å². The van der Waals surface area contributed by atoms with E-state index in [0.29, 0.717) is 41.5 Å². The van der Waals surface area contributed by atoms with E-state index in [1.54, 1.807) is 12.1 Å². The summed E-state index contributed by atoms with van der Waals surface area (Å²) in [6.45, 7) is 4.47. The summed E-state index contributed by atoms with van der Waals surface area (Å²) in [6.07, 6.45) is -0.357. The van der Waals surface area contributed by atoms with Crippen LogP contribution in [-0.4, -0.2) is 65.3 Å². The highest BCUT2D eigenvalue weighted by Crippen LogP contribution is 2.34. The molecule has 1 heterocycles. The molecule has 0 aromatic heterocycles. The van der Waals surface area contributed by atoms with Gasteiger partial charge in [-0.3, -0.25) is 4.79 Å². The Morgan fingerprint density at radius 3 is 2.06 bits per heavy atom. The van der Waals surface area contributed by atoms with Crippen LogP contribution in [0, 0.1) is 0 Å². The minimum atomic E-state index is -3.67. The summed E-state index contributed by atoms with van der Waals surface area (Å²) < 4.78 is 49.0. The maximum atomic E-state index is 13.0. The van der Waals surface area contributed by atoms with Gasteiger partial charge in [0.2, 0.25) is 10.0 Å². The minimum absolute atomic E-state index is 0.141. The molecule has 2 aromatic rings. The molecule has 1 amide bonds. The molecular formula is C23H30N2O7S. The molecule has 2 atom stereocenters. The molecule has 1 N–H and O–H groups in total. The summed E-state index contributed by atoms with van der Waals surface area (Å²) in [4.78, 5) is 12.8. The molecule has 9 nitrogen and oxygen atoms in total. The molecule has 10 heteroatoms. The molecule has 3 rings (SSSR count). The third-order valence-electron chi connectivity index (χ3n) is 5.37. The molecule has 180 valence electrons. The van der Waals surface area contributed by atoms with Gasteiger partial charge < -0.3 is 24.3 Å². The van der Waals surface area contributed by atoms with Crippen molar-refractivity contribution in [2.45, 2.75) is 37.5 Å². The van der Waals surface area contributed by atoms with Gasteiger partial charge in [-0.2, -0.15) is 4.31 Å². The lowest BCUT2D eigenvalue weighted by atomic mass is 10.1. The van der Waals surface area contributed by atoms with Crippen molar-refractivity contribution in [3.63, 3.8) is 0 Å². The van der Waals surface area contributed by atoms with E-state index in [1.807, 2.05) is 13.8 Å². The average molecular weight is 479 g/mol. The van der Waals surface area contributed by atoms with Crippen LogP contribution in [0.3, 0.4) is 0 Å². The van der Waals surface area contributed by atoms with Crippen LogP contribution >= 0.6 is 0 Å². The smallest absolute Gasteiger partial charge is 0.251 e. The number of sulfonamides is 1. The van der Waals surface area contributed by atoms with Crippen molar-refractivity contribution in [1.82, 2.24) is 9.62 Å². The third-order valence-corrected chi connectivity index (χ3v) is 7.21. The molecule has 33 heavy (non-hydrogen) atoms. The van der Waals surface area contributed by atoms with Crippen molar-refractivity contribution in [3.8, 4) is 17.2 Å². The molecule has 1 saturated heterocycles. The zero-order chi connectivity index (χ0) is 24.2. The van der Waals surface area contributed by atoms with Crippen molar-refractivity contribution in [3.05, 3.63) is 47.5 Å². The summed E-state index contributed by atoms with van der Waals surface area (Å²) in [6, 6.07) is 9.33. The van der Waals surface area contributed by atoms with E-state index in [2.05, 4.69) is 5.32 Å². The molecule has 2 aromatic carbocycles. The average Bonchev–Trinajstić information content (AvgIpc) is 2.81. The fourth-order valence-corrected chi connectivity index (χ4v) is 5.35. The fraction of sp³-hybridized carbons (Fsp3) is 0.435. The quantitative estimate of drug-likeness (QED) is 0.622. The molecule has 0 saturated carbocycles. The number of morpholine rings is 1. The largest absolute Gasteiger partial charge is 0.496 e. The van der Waals surface area contributed by atoms with Crippen molar-refractivity contribution >= 4 is 15.9 Å². The summed E-state index contributed by atoms with van der Waals surface area (Å²) in [5.41, 5.74) is 1.05. The van der Waals surface area contributed by atoms with Crippen LogP contribution in [0.25, 0.3) is 0 Å². The Balaban J connectivity index is 1.71. The van der Waals surface area contributed by atoms with Crippen LogP contribution in [-0.2, 0) is 21.3 Å². The summed E-state index contributed by atoms with van der Waals surface area (Å²) in [5.74, 6) is 1.24. The lowest BCUT2D eigenvalue weighted by Crippen LogP contribution is -2.48. The van der Waals surface area contributed by atoms with E-state index < -0.39 is 10.0 Å². The summed E-state index contributed by atoms with van der Waals surface area (Å²) in [5, 5.41) is 2.82. The number of carbonyl (C=O) groups is 1. The van der Waals surface area contributed by atoms with Crippen molar-refractivity contribution in [1.29, 1.82) is 0 Å². The fourth-order valence-electron chi connectivity index (χ4n) is 3.76. The first-order chi connectivity index (χ1) is 15.7. The molecular weight excluding hydrogens is 448 g/mol. The molecule has 0 aliphatic carbocycles. The van der Waals surface area contributed by atoms with Crippen LogP contribution in [0.1, 0.15) is 29.8 Å². The van der Waals surface area contributed by atoms with Gasteiger partial charge in [-0.15, -0.1) is 0 Å². The second-order valence-corrected chi connectivity index (χ2v) is 9.74. The lowest BCUT2D eigenvalue weighted by molar-refractivity contribution is -0.0440. The SMILES string of the molecule is COc1cc(OC)c(OC)cc1CNC(=O)c1ccc(S(=O)(=O)N2C[C@@H](C)O[C@@H](C)C2)cc1. The standard InChI is InChI=1S/C23H30N2O7S/c1-15-13-25(14-16(2)32-15)33(27,28)19-8-6-17(7-9-19)23(26)24-12-18-10-21(30-4)22(31-5)11-20(18)29-3/h6-11,15-16H,12-14H2,1-5H3,(H,24,26)/t15-,16+. The highest BCUT2D eigenvalue weighted by Gasteiger charge is 2.32. The summed E-state index contributed by atoms with van der Waals surface area (Å²) in [7, 11) is 0.919. The van der Waals surface area contributed by atoms with E-state index in [-0.39, 0.29) is 29.6 Å². The third kappa shape index (κ3) is 5.58. The Labute approximate surface area is 194 Å². The van der Waals surface area contributed by atoms with Crippen molar-refractivity contribution in [2.24, 2.45) is 0 Å². The number of carbonyl (C=O) groups excluding carboxylic acids is 1. The zero-order valence-corrected chi connectivity index (χ0v) is 20.3. The van der Waals surface area contributed by atoms with Crippen LogP contribution in [0.5, 0.6) is 17.2 Å². The topological polar surface area (TPSA) is 103 Å². The monoisotopic (exact) mass is 478 g/mol. The maximum absolute atomic E-state index is 13.0. The molecule has 1 aliphatic rings. The normalized spacial score (nSPS) is 19.1. The van der Waals surface area contributed by atoms with E-state index in [4.69, 9.17) is 18.9 Å². The van der Waals surface area contributed by atoms with Gasteiger partial charge in [0.1, 0.15) is 5.75 Å². The molecule has 0 unspecified atom stereocenters. The van der Waals surface area contributed by atoms with E-state index in [9.17, 15) is 13.2 Å². The number of methoxy groups -OCH3 is 3. The van der Waals surface area contributed by atoms with Gasteiger partial charge in [-0.1, -0.05) is 0 Å². The zero-order valence-electron chi connectivity index (χ0n) is 19.5. The molecule has 0 spiro atoms. The van der Waals surface area contributed by atoms with E-state index in [0.717, 1.165) is 0 Å². The van der Waals surface area contributed by atoms with Gasteiger partial charge in [0.05, 0.1) is 38.4 Å². The number of rotatable bonds is 8. The Bertz CT molecular complexity index is 1080.